The predicted octanol–water partition coefficient (Wildman–Crippen LogP) is 1.42. The fourth-order valence-corrected chi connectivity index (χ4v) is 2.05. The highest BCUT2D eigenvalue weighted by atomic mass is 16.5. The first kappa shape index (κ1) is 13.7. The highest BCUT2D eigenvalue weighted by molar-refractivity contribution is 5.72. The Labute approximate surface area is 112 Å². The summed E-state index contributed by atoms with van der Waals surface area (Å²) in [5, 5.41) is 12.3. The van der Waals surface area contributed by atoms with Crippen LogP contribution in [0.5, 0.6) is 0 Å². The van der Waals surface area contributed by atoms with Gasteiger partial charge in [-0.25, -0.2) is 9.97 Å². The third-order valence-corrected chi connectivity index (χ3v) is 3.12. The maximum atomic E-state index is 11.1. The smallest absolute Gasteiger partial charge is 0.311 e. The maximum absolute atomic E-state index is 11.1. The van der Waals surface area contributed by atoms with Crippen LogP contribution in [0.15, 0.2) is 6.07 Å². The Morgan fingerprint density at radius 2 is 2.21 bits per heavy atom. The Kier molecular flexibility index (Phi) is 3.99. The van der Waals surface area contributed by atoms with E-state index in [4.69, 9.17) is 9.84 Å². The summed E-state index contributed by atoms with van der Waals surface area (Å²) in [6.45, 7) is 6.58. The lowest BCUT2D eigenvalue weighted by molar-refractivity contribution is -0.141. The second kappa shape index (κ2) is 5.52. The molecule has 1 aromatic rings. The monoisotopic (exact) mass is 265 g/mol. The van der Waals surface area contributed by atoms with Crippen LogP contribution in [0.1, 0.15) is 31.3 Å². The average Bonchev–Trinajstić information content (AvgIpc) is 2.76. The van der Waals surface area contributed by atoms with E-state index >= 15 is 0 Å². The molecule has 2 N–H and O–H groups in total. The van der Waals surface area contributed by atoms with Crippen LogP contribution in [-0.4, -0.2) is 40.3 Å². The molecule has 2 unspecified atom stereocenters. The molecule has 2 rings (SSSR count). The normalized spacial score (nSPS) is 22.7. The number of nitrogens with zero attached hydrogens (tertiary/aromatic N) is 2. The zero-order chi connectivity index (χ0) is 14.0. The summed E-state index contributed by atoms with van der Waals surface area (Å²) in [6, 6.07) is 1.58. The molecule has 1 saturated heterocycles. The van der Waals surface area contributed by atoms with Gasteiger partial charge in [0.15, 0.2) is 0 Å². The van der Waals surface area contributed by atoms with Crippen molar-refractivity contribution in [3.05, 3.63) is 17.6 Å². The van der Waals surface area contributed by atoms with Crippen molar-refractivity contribution in [2.75, 3.05) is 18.5 Å². The summed E-state index contributed by atoms with van der Waals surface area (Å²) in [5.41, 5.74) is 0.868. The molecule has 0 saturated carbocycles. The van der Waals surface area contributed by atoms with Gasteiger partial charge in [-0.2, -0.15) is 0 Å². The minimum absolute atomic E-state index is 0.232. The van der Waals surface area contributed by atoms with Gasteiger partial charge in [-0.1, -0.05) is 13.8 Å². The third kappa shape index (κ3) is 3.20. The molecular weight excluding hydrogens is 246 g/mol. The van der Waals surface area contributed by atoms with E-state index in [1.807, 2.05) is 26.8 Å². The van der Waals surface area contributed by atoms with Crippen molar-refractivity contribution in [1.82, 2.24) is 9.97 Å². The Morgan fingerprint density at radius 1 is 1.47 bits per heavy atom. The number of aliphatic carboxylic acids is 1. The molecule has 6 heteroatoms. The molecule has 1 fully saturated rings. The average molecular weight is 265 g/mol. The van der Waals surface area contributed by atoms with E-state index in [0.29, 0.717) is 12.4 Å². The van der Waals surface area contributed by atoms with Gasteiger partial charge in [0.25, 0.3) is 0 Å². The van der Waals surface area contributed by atoms with Crippen LogP contribution in [0, 0.1) is 12.8 Å². The second-order valence-corrected chi connectivity index (χ2v) is 5.14. The second-order valence-electron chi connectivity index (χ2n) is 5.14. The first-order valence-corrected chi connectivity index (χ1v) is 6.40. The number of aryl methyl sites for hydroxylation is 1. The molecule has 104 valence electrons. The molecule has 0 radical (unpaired) electrons. The van der Waals surface area contributed by atoms with E-state index in [9.17, 15) is 4.79 Å². The molecule has 1 aromatic heterocycles. The molecular formula is C13H19N3O3. The largest absolute Gasteiger partial charge is 0.481 e. The number of aromatic nitrogens is 2. The number of hydrogen-bond acceptors (Lipinski definition) is 5. The molecule has 2 heterocycles. The van der Waals surface area contributed by atoms with Gasteiger partial charge in [-0.3, -0.25) is 4.79 Å². The zero-order valence-corrected chi connectivity index (χ0v) is 11.4. The van der Waals surface area contributed by atoms with Crippen LogP contribution in [0.3, 0.4) is 0 Å². The van der Waals surface area contributed by atoms with E-state index in [1.54, 1.807) is 0 Å². The number of rotatable bonds is 4. The summed E-state index contributed by atoms with van der Waals surface area (Å²) >= 11 is 0. The van der Waals surface area contributed by atoms with Gasteiger partial charge in [0.05, 0.1) is 19.3 Å². The van der Waals surface area contributed by atoms with Crippen molar-refractivity contribution in [2.45, 2.75) is 32.7 Å². The molecule has 6 nitrogen and oxygen atoms in total. The summed E-state index contributed by atoms with van der Waals surface area (Å²) in [4.78, 5) is 19.9. The van der Waals surface area contributed by atoms with Gasteiger partial charge < -0.3 is 15.2 Å². The zero-order valence-electron chi connectivity index (χ0n) is 11.4. The number of carboxylic acids is 1. The minimum Gasteiger partial charge on any atom is -0.481 e. The first-order valence-electron chi connectivity index (χ1n) is 6.40. The van der Waals surface area contributed by atoms with Crippen molar-refractivity contribution < 1.29 is 14.6 Å². The predicted molar refractivity (Wildman–Crippen MR) is 70.2 cm³/mol. The number of carbonyl (C=O) groups is 1. The van der Waals surface area contributed by atoms with Crippen molar-refractivity contribution in [3.63, 3.8) is 0 Å². The molecule has 0 spiro atoms. The molecule has 0 aromatic carbocycles. The van der Waals surface area contributed by atoms with Crippen LogP contribution in [0.2, 0.25) is 0 Å². The van der Waals surface area contributed by atoms with Crippen LogP contribution in [0.4, 0.5) is 5.82 Å². The summed E-state index contributed by atoms with van der Waals surface area (Å²) in [5.74, 6) is 0.282. The van der Waals surface area contributed by atoms with Gasteiger partial charge >= 0.3 is 5.97 Å². The van der Waals surface area contributed by atoms with E-state index in [0.717, 1.165) is 11.5 Å². The Balaban J connectivity index is 2.16. The minimum atomic E-state index is -0.843. The van der Waals surface area contributed by atoms with Gasteiger partial charge in [-0.15, -0.1) is 0 Å². The summed E-state index contributed by atoms with van der Waals surface area (Å²) in [6.07, 6.45) is 0. The third-order valence-electron chi connectivity index (χ3n) is 3.12. The Hall–Kier alpha value is -1.69. The fraction of sp³-hybridized carbons (Fsp3) is 0.615. The van der Waals surface area contributed by atoms with Crippen molar-refractivity contribution in [1.29, 1.82) is 0 Å². The number of ether oxygens (including phenoxy) is 1. The summed E-state index contributed by atoms with van der Waals surface area (Å²) < 4.78 is 5.22. The first-order chi connectivity index (χ1) is 8.97. The Morgan fingerprint density at radius 3 is 2.84 bits per heavy atom. The van der Waals surface area contributed by atoms with E-state index in [1.165, 1.54) is 0 Å². The molecule has 19 heavy (non-hydrogen) atoms. The van der Waals surface area contributed by atoms with E-state index in [2.05, 4.69) is 15.3 Å². The highest BCUT2D eigenvalue weighted by Crippen LogP contribution is 2.20. The number of carboxylic acid groups (broad SMARTS) is 1. The van der Waals surface area contributed by atoms with Crippen molar-refractivity contribution in [3.8, 4) is 0 Å². The molecule has 0 bridgehead atoms. The summed E-state index contributed by atoms with van der Waals surface area (Å²) in [7, 11) is 0. The maximum Gasteiger partial charge on any atom is 0.311 e. The molecule has 0 aliphatic carbocycles. The van der Waals surface area contributed by atoms with Gasteiger partial charge in [-0.05, 0) is 6.92 Å². The highest BCUT2D eigenvalue weighted by Gasteiger charge is 2.34. The van der Waals surface area contributed by atoms with E-state index in [-0.39, 0.29) is 18.6 Å². The molecule has 2 atom stereocenters. The van der Waals surface area contributed by atoms with Gasteiger partial charge in [0.2, 0.25) is 0 Å². The van der Waals surface area contributed by atoms with Crippen molar-refractivity contribution >= 4 is 11.8 Å². The topological polar surface area (TPSA) is 84.3 Å². The fourth-order valence-electron chi connectivity index (χ4n) is 2.05. The van der Waals surface area contributed by atoms with E-state index < -0.39 is 11.9 Å². The van der Waals surface area contributed by atoms with Crippen LogP contribution in [0.25, 0.3) is 0 Å². The molecule has 1 aliphatic heterocycles. The number of hydrogen-bond donors (Lipinski definition) is 2. The van der Waals surface area contributed by atoms with Crippen LogP contribution in [-0.2, 0) is 9.53 Å². The SMILES string of the molecule is Cc1cc(NC2COCC2C(=O)O)nc(C(C)C)n1. The van der Waals surface area contributed by atoms with Crippen LogP contribution >= 0.6 is 0 Å². The standard InChI is InChI=1S/C13H19N3O3/c1-7(2)12-14-8(3)4-11(16-12)15-10-6-19-5-9(10)13(17)18/h4,7,9-10H,5-6H2,1-3H3,(H,17,18)(H,14,15,16). The lowest BCUT2D eigenvalue weighted by atomic mass is 10.0. The number of anilines is 1. The van der Waals surface area contributed by atoms with Gasteiger partial charge in [0.1, 0.15) is 17.6 Å². The Bertz CT molecular complexity index is 476. The van der Waals surface area contributed by atoms with Gasteiger partial charge in [0, 0.05) is 17.7 Å². The van der Waals surface area contributed by atoms with Crippen molar-refractivity contribution in [2.24, 2.45) is 5.92 Å². The quantitative estimate of drug-likeness (QED) is 0.856. The number of nitrogens with one attached hydrogen (secondary N) is 1. The molecule has 0 amide bonds. The lowest BCUT2D eigenvalue weighted by Crippen LogP contribution is -2.33. The molecule has 1 aliphatic rings. The van der Waals surface area contributed by atoms with Crippen LogP contribution < -0.4 is 5.32 Å². The lowest BCUT2D eigenvalue weighted by Gasteiger charge is -2.17.